The Hall–Kier alpha value is -3.66. The summed E-state index contributed by atoms with van der Waals surface area (Å²) in [7, 11) is 5.72. The summed E-state index contributed by atoms with van der Waals surface area (Å²) in [6.45, 7) is 3.03. The Bertz CT molecular complexity index is 980. The topological polar surface area (TPSA) is 129 Å². The number of allylic oxidation sites excluding steroid dienone is 1. The Morgan fingerprint density at radius 2 is 2.00 bits per heavy atom. The number of aliphatic imine (C=N–C) groups is 1. The van der Waals surface area contributed by atoms with Crippen LogP contribution in [0.4, 0.5) is 11.7 Å². The Morgan fingerprint density at radius 3 is 2.65 bits per heavy atom. The van der Waals surface area contributed by atoms with Gasteiger partial charge in [0.1, 0.15) is 0 Å². The van der Waals surface area contributed by atoms with Gasteiger partial charge in [0.25, 0.3) is 6.47 Å². The number of hydrogen-bond donors (Lipinski definition) is 2. The fourth-order valence-corrected chi connectivity index (χ4v) is 2.82. The molecular formula is C21H26N4O6. The van der Waals surface area contributed by atoms with E-state index in [-0.39, 0.29) is 36.0 Å². The van der Waals surface area contributed by atoms with E-state index in [0.29, 0.717) is 12.4 Å². The Morgan fingerprint density at radius 1 is 1.29 bits per heavy atom. The molecule has 0 aliphatic carbocycles. The number of hydrogen-bond acceptors (Lipinski definition) is 9. The van der Waals surface area contributed by atoms with Gasteiger partial charge in [-0.25, -0.2) is 14.8 Å². The van der Waals surface area contributed by atoms with E-state index in [9.17, 15) is 9.90 Å². The minimum atomic E-state index is -0.623. The number of pyridine rings is 1. The van der Waals surface area contributed by atoms with Crippen LogP contribution in [0, 0.1) is 0 Å². The molecule has 2 aromatic rings. The third-order valence-corrected chi connectivity index (χ3v) is 4.31. The molecule has 0 saturated heterocycles. The number of anilines is 1. The molecule has 10 nitrogen and oxygen atoms in total. The van der Waals surface area contributed by atoms with Gasteiger partial charge in [0.2, 0.25) is 5.88 Å². The fourth-order valence-electron chi connectivity index (χ4n) is 2.82. The maximum atomic E-state index is 12.4. The zero-order chi connectivity index (χ0) is 23.0. The molecule has 0 unspecified atom stereocenters. The highest BCUT2D eigenvalue weighted by atomic mass is 16.5. The van der Waals surface area contributed by atoms with Gasteiger partial charge in [0.15, 0.2) is 22.9 Å². The molecule has 0 atom stereocenters. The quantitative estimate of drug-likeness (QED) is 0.503. The van der Waals surface area contributed by atoms with E-state index in [2.05, 4.69) is 9.98 Å². The normalized spacial score (nSPS) is 13.0. The summed E-state index contributed by atoms with van der Waals surface area (Å²) < 4.78 is 11.0. The van der Waals surface area contributed by atoms with Gasteiger partial charge in [-0.15, -0.1) is 0 Å². The van der Waals surface area contributed by atoms with E-state index >= 15 is 0 Å². The van der Waals surface area contributed by atoms with Gasteiger partial charge < -0.3 is 29.2 Å². The highest BCUT2D eigenvalue weighted by Crippen LogP contribution is 2.39. The van der Waals surface area contributed by atoms with Gasteiger partial charge in [0.05, 0.1) is 6.61 Å². The summed E-state index contributed by atoms with van der Waals surface area (Å²) in [6, 6.07) is 3.70. The lowest BCUT2D eigenvalue weighted by Crippen LogP contribution is -2.29. The number of carbonyl (C=O) groups is 2. The molecule has 2 N–H and O–H groups in total. The molecule has 0 saturated carbocycles. The lowest BCUT2D eigenvalue weighted by atomic mass is 10.1. The van der Waals surface area contributed by atoms with Crippen LogP contribution < -0.4 is 4.90 Å². The average molecular weight is 430 g/mol. The van der Waals surface area contributed by atoms with E-state index in [1.807, 2.05) is 31.1 Å². The van der Waals surface area contributed by atoms with Crippen LogP contribution in [0.3, 0.4) is 0 Å². The molecule has 0 amide bonds. The summed E-state index contributed by atoms with van der Waals surface area (Å²) in [4.78, 5) is 33.1. The third kappa shape index (κ3) is 5.70. The second kappa shape index (κ2) is 10.9. The van der Waals surface area contributed by atoms with Crippen molar-refractivity contribution in [2.75, 3.05) is 45.7 Å². The number of rotatable bonds is 7. The van der Waals surface area contributed by atoms with Crippen LogP contribution >= 0.6 is 0 Å². The predicted octanol–water partition coefficient (Wildman–Crippen LogP) is 2.51. The Balaban J connectivity index is 0.00000107. The minimum Gasteiger partial charge on any atom is -0.504 e. The van der Waals surface area contributed by atoms with Crippen molar-refractivity contribution in [2.24, 2.45) is 4.99 Å². The molecule has 0 bridgehead atoms. The van der Waals surface area contributed by atoms with Crippen molar-refractivity contribution in [1.82, 2.24) is 9.88 Å². The standard InChI is InChI=1S/C20H24N4O4.CH2O2/c1-5-27-20(26)16-17(25)15(28-19(16)24(4)10-9-23(2)3)11-13-12-22-18-14(13)7-6-8-21-18;2-1-3/h6-8,11-12,25H,5,9-10H2,1-4H3;1H,(H,2,3). The number of carboxylic acid groups (broad SMARTS) is 1. The Labute approximate surface area is 180 Å². The van der Waals surface area contributed by atoms with Gasteiger partial charge in [0, 0.05) is 43.7 Å². The number of carbonyl (C=O) groups excluding carboxylic acids is 1. The van der Waals surface area contributed by atoms with E-state index in [0.717, 1.165) is 17.7 Å². The summed E-state index contributed by atoms with van der Waals surface area (Å²) in [5.74, 6) is 0.179. The van der Waals surface area contributed by atoms with E-state index in [4.69, 9.17) is 19.1 Å². The van der Waals surface area contributed by atoms with Gasteiger partial charge in [-0.2, -0.15) is 0 Å². The van der Waals surface area contributed by atoms with Gasteiger partial charge in [-0.3, -0.25) is 4.79 Å². The summed E-state index contributed by atoms with van der Waals surface area (Å²) in [6.07, 6.45) is 4.97. The first-order chi connectivity index (χ1) is 14.8. The molecule has 166 valence electrons. The highest BCUT2D eigenvalue weighted by Gasteiger charge is 2.29. The van der Waals surface area contributed by atoms with Crippen LogP contribution in [-0.4, -0.2) is 79.6 Å². The maximum Gasteiger partial charge on any atom is 0.347 e. The van der Waals surface area contributed by atoms with Crippen molar-refractivity contribution in [3.8, 4) is 5.75 Å². The number of ether oxygens (including phenoxy) is 1. The SMILES string of the molecule is CCOC(=O)c1c(N(C)CCN(C)C)oc(C=C2C=Nc3ncccc32)c1O.O=CO. The number of furan rings is 1. The molecule has 10 heteroatoms. The summed E-state index contributed by atoms with van der Waals surface area (Å²) in [5, 5.41) is 17.6. The number of likely N-dealkylation sites (N-methyl/N-ethyl adjacent to an activating group) is 2. The summed E-state index contributed by atoms with van der Waals surface area (Å²) in [5.41, 5.74) is 1.60. The van der Waals surface area contributed by atoms with Crippen molar-refractivity contribution in [3.63, 3.8) is 0 Å². The van der Waals surface area contributed by atoms with Crippen LogP contribution in [0.25, 0.3) is 11.6 Å². The summed E-state index contributed by atoms with van der Waals surface area (Å²) >= 11 is 0. The monoisotopic (exact) mass is 430 g/mol. The predicted molar refractivity (Wildman–Crippen MR) is 117 cm³/mol. The first kappa shape index (κ1) is 23.6. The third-order valence-electron chi connectivity index (χ3n) is 4.31. The molecule has 0 aromatic carbocycles. The zero-order valence-electron chi connectivity index (χ0n) is 17.9. The van der Waals surface area contributed by atoms with Crippen molar-refractivity contribution >= 4 is 42.0 Å². The maximum absolute atomic E-state index is 12.4. The molecule has 0 radical (unpaired) electrons. The molecule has 0 spiro atoms. The molecular weight excluding hydrogens is 404 g/mol. The van der Waals surface area contributed by atoms with Crippen LogP contribution in [0.1, 0.15) is 28.6 Å². The van der Waals surface area contributed by atoms with Crippen LogP contribution in [0.2, 0.25) is 0 Å². The number of fused-ring (bicyclic) bond motifs is 1. The molecule has 1 aliphatic rings. The molecule has 2 aromatic heterocycles. The second-order valence-corrected chi connectivity index (χ2v) is 6.78. The number of esters is 1. The van der Waals surface area contributed by atoms with Crippen molar-refractivity contribution in [3.05, 3.63) is 35.2 Å². The molecule has 3 heterocycles. The van der Waals surface area contributed by atoms with E-state index < -0.39 is 5.97 Å². The first-order valence-corrected chi connectivity index (χ1v) is 9.51. The van der Waals surface area contributed by atoms with E-state index in [1.165, 1.54) is 0 Å². The van der Waals surface area contributed by atoms with Gasteiger partial charge in [-0.05, 0) is 39.2 Å². The number of nitrogens with zero attached hydrogens (tertiary/aromatic N) is 4. The van der Waals surface area contributed by atoms with Gasteiger partial charge in [-0.1, -0.05) is 0 Å². The lowest BCUT2D eigenvalue weighted by Gasteiger charge is -2.19. The lowest BCUT2D eigenvalue weighted by molar-refractivity contribution is -0.122. The van der Waals surface area contributed by atoms with Crippen molar-refractivity contribution < 1.29 is 29.0 Å². The van der Waals surface area contributed by atoms with Crippen molar-refractivity contribution in [2.45, 2.75) is 6.92 Å². The minimum absolute atomic E-state index is 0.0244. The Kier molecular flexibility index (Phi) is 8.33. The molecule has 0 fully saturated rings. The average Bonchev–Trinajstić information content (AvgIpc) is 3.29. The van der Waals surface area contributed by atoms with Crippen LogP contribution in [-0.2, 0) is 9.53 Å². The molecule has 3 rings (SSSR count). The largest absolute Gasteiger partial charge is 0.504 e. The van der Waals surface area contributed by atoms with Gasteiger partial charge >= 0.3 is 5.97 Å². The second-order valence-electron chi connectivity index (χ2n) is 6.78. The fraction of sp³-hybridized carbons (Fsp3) is 0.333. The van der Waals surface area contributed by atoms with Crippen LogP contribution in [0.5, 0.6) is 5.75 Å². The highest BCUT2D eigenvalue weighted by molar-refractivity contribution is 6.21. The number of aromatic nitrogens is 1. The number of aromatic hydroxyl groups is 1. The zero-order valence-corrected chi connectivity index (χ0v) is 17.9. The van der Waals surface area contributed by atoms with E-state index in [1.54, 1.807) is 37.4 Å². The van der Waals surface area contributed by atoms with Crippen LogP contribution in [0.15, 0.2) is 27.7 Å². The smallest absolute Gasteiger partial charge is 0.347 e. The van der Waals surface area contributed by atoms with Crippen molar-refractivity contribution in [1.29, 1.82) is 0 Å². The first-order valence-electron chi connectivity index (χ1n) is 9.51. The molecule has 31 heavy (non-hydrogen) atoms. The molecule has 1 aliphatic heterocycles.